The van der Waals surface area contributed by atoms with E-state index in [1.54, 1.807) is 0 Å². The van der Waals surface area contributed by atoms with Crippen LogP contribution in [0.1, 0.15) is 0 Å². The molecule has 12 rings (SSSR count). The Morgan fingerprint density at radius 2 is 0.727 bits per heavy atom. The quantitative estimate of drug-likeness (QED) is 0.171. The zero-order valence-electron chi connectivity index (χ0n) is 29.5. The standard InChI is InChI=1S/C52H30O3/c1-3-15-31(16-4-1)45-50-44(54-51(45)32-17-5-2-6-18-32)30-29-40-49-39(25-14-28-43(49)55-52(40)50)47-35-21-9-7-19-33(35)46(34-20-8-10-22-36(34)47)38-24-13-27-42-48(38)37-23-11-12-26-41(37)53-42/h1-30H. The van der Waals surface area contributed by atoms with Crippen LogP contribution in [-0.2, 0) is 0 Å². The molecule has 0 saturated heterocycles. The third-order valence-corrected chi connectivity index (χ3v) is 11.3. The molecule has 3 heterocycles. The van der Waals surface area contributed by atoms with Crippen molar-refractivity contribution < 1.29 is 13.3 Å². The van der Waals surface area contributed by atoms with Crippen molar-refractivity contribution in [2.45, 2.75) is 0 Å². The lowest BCUT2D eigenvalue weighted by molar-refractivity contribution is 0.631. The number of furan rings is 3. The average molecular weight is 703 g/mol. The molecule has 0 N–H and O–H groups in total. The molecular weight excluding hydrogens is 673 g/mol. The molecule has 3 nitrogen and oxygen atoms in total. The van der Waals surface area contributed by atoms with Gasteiger partial charge in [0.15, 0.2) is 0 Å². The topological polar surface area (TPSA) is 39.4 Å². The first-order valence-corrected chi connectivity index (χ1v) is 18.7. The molecule has 0 bridgehead atoms. The second-order valence-electron chi connectivity index (χ2n) is 14.3. The van der Waals surface area contributed by atoms with Gasteiger partial charge in [0.25, 0.3) is 0 Å². The fraction of sp³-hybridized carbons (Fsp3) is 0. The van der Waals surface area contributed by atoms with Gasteiger partial charge in [0.2, 0.25) is 0 Å². The first-order valence-electron chi connectivity index (χ1n) is 18.7. The van der Waals surface area contributed by atoms with E-state index >= 15 is 0 Å². The largest absolute Gasteiger partial charge is 0.456 e. The number of hydrogen-bond donors (Lipinski definition) is 0. The van der Waals surface area contributed by atoms with Crippen LogP contribution in [0.2, 0.25) is 0 Å². The summed E-state index contributed by atoms with van der Waals surface area (Å²) in [5.41, 5.74) is 12.1. The Morgan fingerprint density at radius 1 is 0.255 bits per heavy atom. The van der Waals surface area contributed by atoms with Crippen molar-refractivity contribution in [3.05, 3.63) is 182 Å². The SMILES string of the molecule is c1ccc(-c2oc3ccc4c(oc5cccc(-c6c7ccccc7c(-c7cccc8oc9ccccc9c78)c7ccccc67)c54)c3c2-c2ccccc2)cc1. The molecular formula is C52H30O3. The minimum atomic E-state index is 0.798. The minimum absolute atomic E-state index is 0.798. The van der Waals surface area contributed by atoms with Crippen molar-refractivity contribution in [2.24, 2.45) is 0 Å². The van der Waals surface area contributed by atoms with Crippen molar-refractivity contribution in [3.63, 3.8) is 0 Å². The predicted molar refractivity (Wildman–Crippen MR) is 228 cm³/mol. The summed E-state index contributed by atoms with van der Waals surface area (Å²) >= 11 is 0. The zero-order chi connectivity index (χ0) is 36.0. The summed E-state index contributed by atoms with van der Waals surface area (Å²) < 4.78 is 20.1. The Labute approximate surface area is 315 Å². The Balaban J connectivity index is 1.19. The van der Waals surface area contributed by atoms with Crippen molar-refractivity contribution >= 4 is 76.4 Å². The van der Waals surface area contributed by atoms with E-state index in [0.717, 1.165) is 82.9 Å². The number of hydrogen-bond acceptors (Lipinski definition) is 3. The van der Waals surface area contributed by atoms with Crippen LogP contribution in [0.25, 0.3) is 121 Å². The van der Waals surface area contributed by atoms with Crippen molar-refractivity contribution in [1.82, 2.24) is 0 Å². The molecule has 0 amide bonds. The van der Waals surface area contributed by atoms with Gasteiger partial charge in [0.05, 0.1) is 5.39 Å². The van der Waals surface area contributed by atoms with E-state index < -0.39 is 0 Å². The van der Waals surface area contributed by atoms with Crippen molar-refractivity contribution in [2.75, 3.05) is 0 Å². The van der Waals surface area contributed by atoms with Gasteiger partial charge >= 0.3 is 0 Å². The van der Waals surface area contributed by atoms with Gasteiger partial charge in [-0.25, -0.2) is 0 Å². The van der Waals surface area contributed by atoms with E-state index in [9.17, 15) is 0 Å². The smallest absolute Gasteiger partial charge is 0.147 e. The maximum Gasteiger partial charge on any atom is 0.147 e. The summed E-state index contributed by atoms with van der Waals surface area (Å²) in [6, 6.07) is 64.0. The molecule has 9 aromatic carbocycles. The van der Waals surface area contributed by atoms with Crippen LogP contribution in [0.4, 0.5) is 0 Å². The van der Waals surface area contributed by atoms with Gasteiger partial charge in [0.1, 0.15) is 33.7 Å². The highest BCUT2D eigenvalue weighted by atomic mass is 16.3. The maximum atomic E-state index is 6.97. The zero-order valence-corrected chi connectivity index (χ0v) is 29.5. The van der Waals surface area contributed by atoms with E-state index in [-0.39, 0.29) is 0 Å². The van der Waals surface area contributed by atoms with E-state index in [1.165, 1.54) is 38.2 Å². The van der Waals surface area contributed by atoms with Gasteiger partial charge in [-0.1, -0.05) is 152 Å². The highest BCUT2D eigenvalue weighted by Crippen LogP contribution is 2.51. The summed E-state index contributed by atoms with van der Waals surface area (Å²) in [4.78, 5) is 0. The first kappa shape index (κ1) is 30.1. The van der Waals surface area contributed by atoms with Crippen LogP contribution in [0.3, 0.4) is 0 Å². The normalized spacial score (nSPS) is 12.0. The molecule has 256 valence electrons. The summed E-state index contributed by atoms with van der Waals surface area (Å²) in [5, 5.41) is 10.1. The third kappa shape index (κ3) is 4.32. The first-order chi connectivity index (χ1) is 27.3. The molecule has 0 aliphatic carbocycles. The Bertz CT molecular complexity index is 3420. The second kappa shape index (κ2) is 11.6. The maximum absolute atomic E-state index is 6.97. The number of rotatable bonds is 4. The highest BCUT2D eigenvalue weighted by molar-refractivity contribution is 6.29. The fourth-order valence-electron chi connectivity index (χ4n) is 9.04. The molecule has 0 atom stereocenters. The summed E-state index contributed by atoms with van der Waals surface area (Å²) in [6.07, 6.45) is 0. The van der Waals surface area contributed by atoms with Gasteiger partial charge in [-0.2, -0.15) is 0 Å². The second-order valence-corrected chi connectivity index (χ2v) is 14.3. The molecule has 0 aliphatic rings. The monoisotopic (exact) mass is 702 g/mol. The molecule has 0 unspecified atom stereocenters. The molecule has 0 fully saturated rings. The fourth-order valence-corrected chi connectivity index (χ4v) is 9.04. The van der Waals surface area contributed by atoms with Crippen LogP contribution in [0, 0.1) is 0 Å². The van der Waals surface area contributed by atoms with Crippen molar-refractivity contribution in [1.29, 1.82) is 0 Å². The van der Waals surface area contributed by atoms with Crippen LogP contribution >= 0.6 is 0 Å². The summed E-state index contributed by atoms with van der Waals surface area (Å²) in [6.45, 7) is 0. The van der Waals surface area contributed by atoms with Crippen LogP contribution in [-0.4, -0.2) is 0 Å². The van der Waals surface area contributed by atoms with E-state index in [2.05, 4.69) is 170 Å². The van der Waals surface area contributed by atoms with Gasteiger partial charge < -0.3 is 13.3 Å². The highest BCUT2D eigenvalue weighted by Gasteiger charge is 2.26. The number of benzene rings is 9. The Hall–Kier alpha value is -7.36. The van der Waals surface area contributed by atoms with Gasteiger partial charge in [-0.3, -0.25) is 0 Å². The molecule has 0 aliphatic heterocycles. The predicted octanol–water partition coefficient (Wildman–Crippen LogP) is 15.2. The molecule has 3 aromatic heterocycles. The summed E-state index contributed by atoms with van der Waals surface area (Å²) in [5.74, 6) is 0.836. The summed E-state index contributed by atoms with van der Waals surface area (Å²) in [7, 11) is 0. The average Bonchev–Trinajstić information content (AvgIpc) is 3.95. The number of fused-ring (bicyclic) bond motifs is 10. The lowest BCUT2D eigenvalue weighted by Crippen LogP contribution is -1.91. The minimum Gasteiger partial charge on any atom is -0.456 e. The van der Waals surface area contributed by atoms with E-state index in [4.69, 9.17) is 13.3 Å². The van der Waals surface area contributed by atoms with Crippen molar-refractivity contribution in [3.8, 4) is 44.7 Å². The lowest BCUT2D eigenvalue weighted by atomic mass is 9.84. The molecule has 12 aromatic rings. The Morgan fingerprint density at radius 3 is 1.35 bits per heavy atom. The van der Waals surface area contributed by atoms with Crippen LogP contribution < -0.4 is 0 Å². The molecule has 55 heavy (non-hydrogen) atoms. The molecule has 0 saturated carbocycles. The van der Waals surface area contributed by atoms with Crippen LogP contribution in [0.15, 0.2) is 195 Å². The van der Waals surface area contributed by atoms with Gasteiger partial charge in [0, 0.05) is 32.7 Å². The molecule has 0 radical (unpaired) electrons. The Kier molecular flexibility index (Phi) is 6.34. The van der Waals surface area contributed by atoms with Gasteiger partial charge in [-0.05, 0) is 79.7 Å². The number of para-hydroxylation sites is 1. The van der Waals surface area contributed by atoms with E-state index in [0.29, 0.717) is 0 Å². The van der Waals surface area contributed by atoms with Crippen LogP contribution in [0.5, 0.6) is 0 Å². The lowest BCUT2D eigenvalue weighted by Gasteiger charge is -2.18. The van der Waals surface area contributed by atoms with Gasteiger partial charge in [-0.15, -0.1) is 0 Å². The molecule has 0 spiro atoms. The van der Waals surface area contributed by atoms with E-state index in [1.807, 2.05) is 12.1 Å². The molecule has 3 heteroatoms. The third-order valence-electron chi connectivity index (χ3n) is 11.3.